The lowest BCUT2D eigenvalue weighted by atomic mass is 10.1. The van der Waals surface area contributed by atoms with Gasteiger partial charge in [-0.15, -0.1) is 0 Å². The Morgan fingerprint density at radius 1 is 0.837 bits per heavy atom. The third-order valence-corrected chi connectivity index (χ3v) is 7.75. The molecule has 9 nitrogen and oxygen atoms in total. The van der Waals surface area contributed by atoms with E-state index in [-0.39, 0.29) is 23.5 Å². The first-order valence-corrected chi connectivity index (χ1v) is 14.7. The molecule has 0 spiro atoms. The molecular formula is C34H39N3O6. The first-order chi connectivity index (χ1) is 21.0. The number of nitrogens with zero attached hydrogens (tertiary/aromatic N) is 2. The fraction of sp³-hybridized carbons (Fsp3) is 0.353. The van der Waals surface area contributed by atoms with Gasteiger partial charge in [-0.25, -0.2) is 0 Å². The zero-order valence-electron chi connectivity index (χ0n) is 25.1. The number of carbonyl (C=O) groups excluding carboxylic acids is 1. The van der Waals surface area contributed by atoms with Crippen LogP contribution in [0.25, 0.3) is 10.9 Å². The Morgan fingerprint density at radius 2 is 1.44 bits per heavy atom. The first kappa shape index (κ1) is 30.0. The third kappa shape index (κ3) is 7.11. The zero-order valence-corrected chi connectivity index (χ0v) is 25.1. The average molecular weight is 586 g/mol. The van der Waals surface area contributed by atoms with E-state index in [0.717, 1.165) is 42.3 Å². The van der Waals surface area contributed by atoms with E-state index in [4.69, 9.17) is 18.9 Å². The highest BCUT2D eigenvalue weighted by Crippen LogP contribution is 2.36. The molecule has 1 fully saturated rings. The van der Waals surface area contributed by atoms with Crippen molar-refractivity contribution < 1.29 is 23.7 Å². The number of fused-ring (bicyclic) bond motifs is 1. The predicted molar refractivity (Wildman–Crippen MR) is 167 cm³/mol. The number of nitrogens with one attached hydrogen (secondary N) is 1. The fourth-order valence-corrected chi connectivity index (χ4v) is 5.30. The number of ether oxygens (including phenoxy) is 4. The van der Waals surface area contributed by atoms with E-state index in [1.807, 2.05) is 60.0 Å². The SMILES string of the molecule is CCn1cc(C(=O)NCCN2CCCC2)c(=O)c2ccc(OCc3ccc(OC)cc3)c(OCc3ccc(OC)cc3)c21. The summed E-state index contributed by atoms with van der Waals surface area (Å²) in [6.45, 7) is 6.41. The van der Waals surface area contributed by atoms with Crippen molar-refractivity contribution in [1.82, 2.24) is 14.8 Å². The van der Waals surface area contributed by atoms with Crippen molar-refractivity contribution >= 4 is 16.8 Å². The second-order valence-electron chi connectivity index (χ2n) is 10.5. The van der Waals surface area contributed by atoms with Crippen molar-refractivity contribution in [2.45, 2.75) is 39.5 Å². The van der Waals surface area contributed by atoms with Crippen molar-refractivity contribution in [1.29, 1.82) is 0 Å². The summed E-state index contributed by atoms with van der Waals surface area (Å²) in [6, 6.07) is 18.7. The lowest BCUT2D eigenvalue weighted by Crippen LogP contribution is -2.36. The maximum Gasteiger partial charge on any atom is 0.256 e. The Labute approximate surface area is 251 Å². The molecule has 0 unspecified atom stereocenters. The smallest absolute Gasteiger partial charge is 0.256 e. The van der Waals surface area contributed by atoms with E-state index in [9.17, 15) is 9.59 Å². The Bertz CT molecular complexity index is 1590. The van der Waals surface area contributed by atoms with Crippen LogP contribution >= 0.6 is 0 Å². The summed E-state index contributed by atoms with van der Waals surface area (Å²) in [6.07, 6.45) is 4.01. The summed E-state index contributed by atoms with van der Waals surface area (Å²) in [5.74, 6) is 2.10. The van der Waals surface area contributed by atoms with Crippen LogP contribution < -0.4 is 29.7 Å². The van der Waals surface area contributed by atoms with Gasteiger partial charge in [-0.2, -0.15) is 0 Å². The van der Waals surface area contributed by atoms with Gasteiger partial charge in [0.05, 0.1) is 25.1 Å². The molecule has 1 amide bonds. The molecular weight excluding hydrogens is 546 g/mol. The van der Waals surface area contributed by atoms with Gasteiger partial charge in [-0.1, -0.05) is 24.3 Å². The highest BCUT2D eigenvalue weighted by molar-refractivity contribution is 5.98. The van der Waals surface area contributed by atoms with E-state index in [0.29, 0.717) is 42.1 Å². The summed E-state index contributed by atoms with van der Waals surface area (Å²) in [5.41, 5.74) is 2.24. The molecule has 1 aliphatic rings. The number of amides is 1. The van der Waals surface area contributed by atoms with E-state index in [2.05, 4.69) is 10.2 Å². The van der Waals surface area contributed by atoms with Gasteiger partial charge in [0.2, 0.25) is 5.43 Å². The van der Waals surface area contributed by atoms with Crippen molar-refractivity contribution in [3.05, 3.63) is 93.8 Å². The van der Waals surface area contributed by atoms with Crippen molar-refractivity contribution in [3.63, 3.8) is 0 Å². The number of aromatic nitrogens is 1. The maximum atomic E-state index is 13.7. The van der Waals surface area contributed by atoms with Gasteiger partial charge in [-0.05, 0) is 80.4 Å². The van der Waals surface area contributed by atoms with Gasteiger partial charge in [0.15, 0.2) is 11.5 Å². The molecule has 9 heteroatoms. The number of rotatable bonds is 13. The van der Waals surface area contributed by atoms with Gasteiger partial charge in [0.25, 0.3) is 5.91 Å². The number of methoxy groups -OCH3 is 2. The van der Waals surface area contributed by atoms with Crippen LogP contribution in [-0.4, -0.2) is 55.8 Å². The minimum Gasteiger partial charge on any atom is -0.497 e. The van der Waals surface area contributed by atoms with Crippen LogP contribution in [0.4, 0.5) is 0 Å². The largest absolute Gasteiger partial charge is 0.497 e. The molecule has 0 radical (unpaired) electrons. The summed E-state index contributed by atoms with van der Waals surface area (Å²) in [7, 11) is 3.25. The van der Waals surface area contributed by atoms with Gasteiger partial charge in [-0.3, -0.25) is 9.59 Å². The second kappa shape index (κ2) is 14.1. The number of likely N-dealkylation sites (tertiary alicyclic amines) is 1. The van der Waals surface area contributed by atoms with E-state index < -0.39 is 0 Å². The standard InChI is InChI=1S/C34H39N3O6/c1-4-37-21-29(34(39)35-17-20-36-18-5-6-19-36)32(38)28-15-16-30(42-22-24-7-11-26(40-2)12-8-24)33(31(28)37)43-23-25-9-13-27(41-3)14-10-25/h7-16,21H,4-6,17-20,22-23H2,1-3H3,(H,35,39). The first-order valence-electron chi connectivity index (χ1n) is 14.7. The fourth-order valence-electron chi connectivity index (χ4n) is 5.30. The van der Waals surface area contributed by atoms with Crippen molar-refractivity contribution in [2.75, 3.05) is 40.4 Å². The Morgan fingerprint density at radius 3 is 2.02 bits per heavy atom. The summed E-state index contributed by atoms with van der Waals surface area (Å²) in [5, 5.41) is 3.34. The lowest BCUT2D eigenvalue weighted by Gasteiger charge is -2.19. The van der Waals surface area contributed by atoms with Gasteiger partial charge in [0, 0.05) is 25.8 Å². The quantitative estimate of drug-likeness (QED) is 0.236. The molecule has 0 bridgehead atoms. The number of hydrogen-bond acceptors (Lipinski definition) is 7. The van der Waals surface area contributed by atoms with Crippen LogP contribution in [0.15, 0.2) is 71.7 Å². The summed E-state index contributed by atoms with van der Waals surface area (Å²) >= 11 is 0. The molecule has 226 valence electrons. The number of aryl methyl sites for hydroxylation is 1. The monoisotopic (exact) mass is 585 g/mol. The zero-order chi connectivity index (χ0) is 30.2. The van der Waals surface area contributed by atoms with Gasteiger partial charge < -0.3 is 33.7 Å². The van der Waals surface area contributed by atoms with E-state index in [1.165, 1.54) is 12.8 Å². The van der Waals surface area contributed by atoms with E-state index in [1.54, 1.807) is 32.5 Å². The topological polar surface area (TPSA) is 91.3 Å². The molecule has 1 saturated heterocycles. The highest BCUT2D eigenvalue weighted by Gasteiger charge is 2.21. The Balaban J connectivity index is 1.46. The van der Waals surface area contributed by atoms with Crippen LogP contribution in [0.3, 0.4) is 0 Å². The van der Waals surface area contributed by atoms with Gasteiger partial charge in [0.1, 0.15) is 30.3 Å². The highest BCUT2D eigenvalue weighted by atomic mass is 16.5. The molecule has 5 rings (SSSR count). The normalized spacial score (nSPS) is 13.2. The molecule has 2 heterocycles. The summed E-state index contributed by atoms with van der Waals surface area (Å²) < 4.78 is 25.1. The van der Waals surface area contributed by atoms with Crippen LogP contribution in [-0.2, 0) is 19.8 Å². The molecule has 1 aliphatic heterocycles. The van der Waals surface area contributed by atoms with E-state index >= 15 is 0 Å². The molecule has 0 saturated carbocycles. The maximum absolute atomic E-state index is 13.7. The molecule has 3 aromatic carbocycles. The minimum atomic E-state index is -0.367. The molecule has 4 aromatic rings. The van der Waals surface area contributed by atoms with Crippen LogP contribution in [0, 0.1) is 0 Å². The summed E-state index contributed by atoms with van der Waals surface area (Å²) in [4.78, 5) is 29.2. The van der Waals surface area contributed by atoms with Gasteiger partial charge >= 0.3 is 0 Å². The molecule has 0 atom stereocenters. The van der Waals surface area contributed by atoms with Crippen molar-refractivity contribution in [3.8, 4) is 23.0 Å². The Hall–Kier alpha value is -4.50. The van der Waals surface area contributed by atoms with Crippen LogP contribution in [0.5, 0.6) is 23.0 Å². The number of hydrogen-bond donors (Lipinski definition) is 1. The minimum absolute atomic E-state index is 0.115. The lowest BCUT2D eigenvalue weighted by molar-refractivity contribution is 0.0948. The third-order valence-electron chi connectivity index (χ3n) is 7.75. The number of benzene rings is 3. The average Bonchev–Trinajstić information content (AvgIpc) is 3.57. The number of pyridine rings is 1. The van der Waals surface area contributed by atoms with Crippen LogP contribution in [0.1, 0.15) is 41.3 Å². The molecule has 1 aromatic heterocycles. The Kier molecular flexibility index (Phi) is 9.84. The molecule has 0 aliphatic carbocycles. The predicted octanol–water partition coefficient (Wildman–Crippen LogP) is 5.02. The molecule has 43 heavy (non-hydrogen) atoms. The van der Waals surface area contributed by atoms with Crippen LogP contribution in [0.2, 0.25) is 0 Å². The second-order valence-corrected chi connectivity index (χ2v) is 10.5. The number of carbonyl (C=O) groups is 1. The van der Waals surface area contributed by atoms with Crippen molar-refractivity contribution in [2.24, 2.45) is 0 Å². The molecule has 1 N–H and O–H groups in total.